The average molecular weight is 336 g/mol. The van der Waals surface area contributed by atoms with E-state index in [0.29, 0.717) is 12.6 Å². The van der Waals surface area contributed by atoms with E-state index in [0.717, 1.165) is 32.2 Å². The lowest BCUT2D eigenvalue weighted by Crippen LogP contribution is -3.11. The van der Waals surface area contributed by atoms with Crippen molar-refractivity contribution in [1.82, 2.24) is 10.6 Å². The lowest BCUT2D eigenvalue weighted by molar-refractivity contribution is -0.910. The van der Waals surface area contributed by atoms with Crippen molar-refractivity contribution < 1.29 is 14.5 Å². The molecule has 126 valence electrons. The topological polar surface area (TPSA) is 62.6 Å². The first-order chi connectivity index (χ1) is 11.2. The quantitative estimate of drug-likeness (QED) is 0.782. The summed E-state index contributed by atoms with van der Waals surface area (Å²) in [5.74, 6) is -0.170. The maximum atomic E-state index is 12.2. The summed E-state index contributed by atoms with van der Waals surface area (Å²) in [6.45, 7) is 1.38. The number of imide groups is 1. The second-order valence-corrected chi connectivity index (χ2v) is 7.63. The molecule has 1 aromatic rings. The molecule has 0 aromatic carbocycles. The molecule has 23 heavy (non-hydrogen) atoms. The van der Waals surface area contributed by atoms with Crippen LogP contribution < -0.4 is 15.5 Å². The van der Waals surface area contributed by atoms with Gasteiger partial charge in [0.1, 0.15) is 6.04 Å². The van der Waals surface area contributed by atoms with E-state index >= 15 is 0 Å². The zero-order valence-electron chi connectivity index (χ0n) is 13.5. The molecular formula is C17H26N3O2S+. The highest BCUT2D eigenvalue weighted by molar-refractivity contribution is 7.10. The van der Waals surface area contributed by atoms with E-state index in [-0.39, 0.29) is 18.0 Å². The van der Waals surface area contributed by atoms with Crippen LogP contribution in [0.3, 0.4) is 0 Å². The van der Waals surface area contributed by atoms with Crippen molar-refractivity contribution >= 4 is 23.3 Å². The van der Waals surface area contributed by atoms with Gasteiger partial charge < -0.3 is 10.2 Å². The summed E-state index contributed by atoms with van der Waals surface area (Å²) in [5, 5.41) is 7.54. The van der Waals surface area contributed by atoms with Gasteiger partial charge >= 0.3 is 6.03 Å². The van der Waals surface area contributed by atoms with E-state index in [1.54, 1.807) is 11.3 Å². The van der Waals surface area contributed by atoms with Gasteiger partial charge in [-0.3, -0.25) is 10.1 Å². The molecule has 1 saturated heterocycles. The predicted octanol–water partition coefficient (Wildman–Crippen LogP) is 1.63. The Labute approximate surface area is 141 Å². The van der Waals surface area contributed by atoms with Crippen LogP contribution in [-0.2, 0) is 4.79 Å². The third kappa shape index (κ3) is 4.54. The number of thiophene rings is 1. The molecule has 0 bridgehead atoms. The smallest absolute Gasteiger partial charge is 0.321 e. The number of carbonyl (C=O) groups excluding carboxylic acids is 2. The Morgan fingerprint density at radius 1 is 1.17 bits per heavy atom. The molecule has 2 fully saturated rings. The third-order valence-electron chi connectivity index (χ3n) is 4.95. The molecule has 1 aliphatic heterocycles. The van der Waals surface area contributed by atoms with Gasteiger partial charge in [0.05, 0.1) is 11.4 Å². The number of nitrogens with one attached hydrogen (secondary N) is 3. The largest absolute Gasteiger partial charge is 0.335 e. The Bertz CT molecular complexity index is 526. The highest BCUT2D eigenvalue weighted by atomic mass is 32.1. The van der Waals surface area contributed by atoms with Crippen molar-refractivity contribution in [2.45, 2.75) is 57.0 Å². The maximum Gasteiger partial charge on any atom is 0.321 e. The first kappa shape index (κ1) is 16.5. The van der Waals surface area contributed by atoms with E-state index < -0.39 is 0 Å². The van der Waals surface area contributed by atoms with Crippen LogP contribution in [0.5, 0.6) is 0 Å². The molecule has 2 atom stereocenters. The molecule has 3 N–H and O–H groups in total. The molecule has 2 aliphatic rings. The van der Waals surface area contributed by atoms with Crippen molar-refractivity contribution in [1.29, 1.82) is 0 Å². The minimum absolute atomic E-state index is 0.170. The number of rotatable bonds is 4. The maximum absolute atomic E-state index is 12.2. The van der Waals surface area contributed by atoms with E-state index in [9.17, 15) is 9.59 Å². The fourth-order valence-electron chi connectivity index (χ4n) is 3.80. The van der Waals surface area contributed by atoms with Gasteiger partial charge in [-0.15, -0.1) is 11.3 Å². The fraction of sp³-hybridized carbons (Fsp3) is 0.647. The molecule has 3 rings (SSSR count). The molecule has 1 saturated carbocycles. The summed E-state index contributed by atoms with van der Waals surface area (Å²) >= 11 is 1.76. The van der Waals surface area contributed by atoms with Gasteiger partial charge in [-0.25, -0.2) is 4.79 Å². The monoisotopic (exact) mass is 336 g/mol. The lowest BCUT2D eigenvalue weighted by Gasteiger charge is -2.23. The molecule has 6 heteroatoms. The SMILES string of the molecule is O=C(C[NH+]1CCC[C@H]1c1cccs1)NC(=O)NC1CCCCC1. The Hall–Kier alpha value is -1.40. The Morgan fingerprint density at radius 2 is 2.00 bits per heavy atom. The molecule has 2 heterocycles. The van der Waals surface area contributed by atoms with Gasteiger partial charge in [0.2, 0.25) is 0 Å². The van der Waals surface area contributed by atoms with Crippen molar-refractivity contribution in [3.63, 3.8) is 0 Å². The van der Waals surface area contributed by atoms with Crippen LogP contribution in [0.4, 0.5) is 4.79 Å². The van der Waals surface area contributed by atoms with E-state index in [1.165, 1.54) is 29.0 Å². The van der Waals surface area contributed by atoms with Gasteiger partial charge in [-0.2, -0.15) is 0 Å². The Morgan fingerprint density at radius 3 is 2.74 bits per heavy atom. The second kappa shape index (κ2) is 7.93. The van der Waals surface area contributed by atoms with E-state index in [4.69, 9.17) is 0 Å². The summed E-state index contributed by atoms with van der Waals surface area (Å²) in [6.07, 6.45) is 7.90. The molecular weight excluding hydrogens is 310 g/mol. The standard InChI is InChI=1S/C17H25N3O2S/c21-16(19-17(22)18-13-6-2-1-3-7-13)12-20-10-4-8-14(20)15-9-5-11-23-15/h5,9,11,13-14H,1-4,6-8,10,12H2,(H2,18,19,21,22)/p+1/t14-/m0/s1. The van der Waals surface area contributed by atoms with Gasteiger partial charge in [0, 0.05) is 18.9 Å². The van der Waals surface area contributed by atoms with E-state index in [1.807, 2.05) is 0 Å². The first-order valence-corrected chi connectivity index (χ1v) is 9.58. The zero-order valence-corrected chi connectivity index (χ0v) is 14.3. The van der Waals surface area contributed by atoms with Crippen LogP contribution in [0, 0.1) is 0 Å². The number of likely N-dealkylation sites (tertiary alicyclic amines) is 1. The van der Waals surface area contributed by atoms with Crippen LogP contribution in [0.1, 0.15) is 55.9 Å². The molecule has 5 nitrogen and oxygen atoms in total. The van der Waals surface area contributed by atoms with Crippen molar-refractivity contribution in [2.24, 2.45) is 0 Å². The van der Waals surface area contributed by atoms with Gasteiger partial charge in [0.25, 0.3) is 5.91 Å². The first-order valence-electron chi connectivity index (χ1n) is 8.70. The molecule has 0 radical (unpaired) electrons. The summed E-state index contributed by atoms with van der Waals surface area (Å²) in [5.41, 5.74) is 0. The summed E-state index contributed by atoms with van der Waals surface area (Å²) in [6, 6.07) is 4.52. The van der Waals surface area contributed by atoms with Gasteiger partial charge in [0.15, 0.2) is 6.54 Å². The summed E-state index contributed by atoms with van der Waals surface area (Å²) in [4.78, 5) is 26.8. The molecule has 1 aromatic heterocycles. The Balaban J connectivity index is 1.45. The lowest BCUT2D eigenvalue weighted by atomic mass is 9.96. The van der Waals surface area contributed by atoms with Crippen LogP contribution >= 0.6 is 11.3 Å². The number of carbonyl (C=O) groups is 2. The van der Waals surface area contributed by atoms with Crippen molar-refractivity contribution in [3.8, 4) is 0 Å². The Kier molecular flexibility index (Phi) is 5.67. The normalized spacial score (nSPS) is 25.2. The number of urea groups is 1. The van der Waals surface area contributed by atoms with E-state index in [2.05, 4.69) is 28.1 Å². The second-order valence-electron chi connectivity index (χ2n) is 6.65. The molecule has 1 aliphatic carbocycles. The fourth-order valence-corrected chi connectivity index (χ4v) is 4.72. The van der Waals surface area contributed by atoms with Crippen LogP contribution in [0.15, 0.2) is 17.5 Å². The average Bonchev–Trinajstić information content (AvgIpc) is 3.18. The minimum atomic E-state index is -0.326. The molecule has 3 amide bonds. The van der Waals surface area contributed by atoms with Crippen molar-refractivity contribution in [3.05, 3.63) is 22.4 Å². The number of quaternary nitrogens is 1. The summed E-state index contributed by atoms with van der Waals surface area (Å²) in [7, 11) is 0. The van der Waals surface area contributed by atoms with Crippen molar-refractivity contribution in [2.75, 3.05) is 13.1 Å². The highest BCUT2D eigenvalue weighted by Crippen LogP contribution is 2.23. The van der Waals surface area contributed by atoms with Gasteiger partial charge in [-0.05, 0) is 24.3 Å². The summed E-state index contributed by atoms with van der Waals surface area (Å²) < 4.78 is 0. The van der Waals surface area contributed by atoms with Crippen LogP contribution in [-0.4, -0.2) is 31.1 Å². The number of amides is 3. The zero-order chi connectivity index (χ0) is 16.1. The van der Waals surface area contributed by atoms with Crippen LogP contribution in [0.2, 0.25) is 0 Å². The van der Waals surface area contributed by atoms with Gasteiger partial charge in [-0.1, -0.05) is 25.3 Å². The highest BCUT2D eigenvalue weighted by Gasteiger charge is 2.32. The minimum Gasteiger partial charge on any atom is -0.335 e. The van der Waals surface area contributed by atoms with Crippen LogP contribution in [0.25, 0.3) is 0 Å². The predicted molar refractivity (Wildman–Crippen MR) is 90.5 cm³/mol. The molecule has 0 spiro atoms. The molecule has 1 unspecified atom stereocenters. The third-order valence-corrected chi connectivity index (χ3v) is 5.94. The number of hydrogen-bond donors (Lipinski definition) is 3. The number of hydrogen-bond acceptors (Lipinski definition) is 3.